The normalized spacial score (nSPS) is 14.6. The Balaban J connectivity index is 1.36. The van der Waals surface area contributed by atoms with Crippen LogP contribution in [0, 0.1) is 11.6 Å². The smallest absolute Gasteiger partial charge is 0.266 e. The first-order chi connectivity index (χ1) is 17.7. The summed E-state index contributed by atoms with van der Waals surface area (Å²) in [6, 6.07) is 4.50. The number of hydrogen-bond acceptors (Lipinski definition) is 7. The van der Waals surface area contributed by atoms with Crippen LogP contribution >= 0.6 is 0 Å². The Kier molecular flexibility index (Phi) is 6.57. The summed E-state index contributed by atoms with van der Waals surface area (Å²) in [5, 5.41) is 13.0. The second-order valence-corrected chi connectivity index (χ2v) is 9.81. The van der Waals surface area contributed by atoms with E-state index in [0.29, 0.717) is 41.3 Å². The molecule has 1 aliphatic heterocycles. The molecule has 10 nitrogen and oxygen atoms in total. The summed E-state index contributed by atoms with van der Waals surface area (Å²) < 4.78 is 31.9. The number of anilines is 1. The van der Waals surface area contributed by atoms with Gasteiger partial charge in [-0.05, 0) is 49.6 Å². The lowest BCUT2D eigenvalue weighted by molar-refractivity contribution is 0.0827. The monoisotopic (exact) mass is 509 g/mol. The van der Waals surface area contributed by atoms with Crippen LogP contribution in [0.15, 0.2) is 30.7 Å². The van der Waals surface area contributed by atoms with Crippen molar-refractivity contribution in [2.45, 2.75) is 45.2 Å². The summed E-state index contributed by atoms with van der Waals surface area (Å²) >= 11 is 0. The Labute approximate surface area is 212 Å². The van der Waals surface area contributed by atoms with Gasteiger partial charge < -0.3 is 14.4 Å². The standard InChI is InChI=1S/C25H29F2N9O/c1-15(2)36-31-25(30-32-36)34-9-7-18(8-10-34)35-13-20(27)22-21(28-14-29-23(22)35)12-16-5-6-17(11-19(16)26)24(37)33(3)4/h5-6,11,13-15,18H,7-10,12H2,1-4H3. The number of carbonyl (C=O) groups excluding carboxylic acids is 1. The van der Waals surface area contributed by atoms with Gasteiger partial charge >= 0.3 is 0 Å². The third kappa shape index (κ3) is 4.75. The highest BCUT2D eigenvalue weighted by molar-refractivity contribution is 5.94. The summed E-state index contributed by atoms with van der Waals surface area (Å²) in [6.07, 6.45) is 4.45. The van der Waals surface area contributed by atoms with Crippen molar-refractivity contribution in [3.63, 3.8) is 0 Å². The molecule has 0 atom stereocenters. The van der Waals surface area contributed by atoms with E-state index in [-0.39, 0.29) is 30.0 Å². The first kappa shape index (κ1) is 24.7. The van der Waals surface area contributed by atoms with Crippen molar-refractivity contribution >= 4 is 22.9 Å². The summed E-state index contributed by atoms with van der Waals surface area (Å²) in [5.74, 6) is -0.658. The minimum absolute atomic E-state index is 0.0409. The number of hydrogen-bond donors (Lipinski definition) is 0. The lowest BCUT2D eigenvalue weighted by Gasteiger charge is -2.31. The van der Waals surface area contributed by atoms with Crippen molar-refractivity contribution in [2.75, 3.05) is 32.1 Å². The van der Waals surface area contributed by atoms with Gasteiger partial charge in [0.25, 0.3) is 11.9 Å². The molecule has 0 radical (unpaired) electrons. The highest BCUT2D eigenvalue weighted by atomic mass is 19.1. The van der Waals surface area contributed by atoms with Gasteiger partial charge in [0, 0.05) is 51.4 Å². The molecular weight excluding hydrogens is 480 g/mol. The zero-order valence-corrected chi connectivity index (χ0v) is 21.3. The Hall–Kier alpha value is -3.96. The van der Waals surface area contributed by atoms with E-state index in [2.05, 4.69) is 30.3 Å². The number of halogens is 2. The zero-order chi connectivity index (χ0) is 26.3. The van der Waals surface area contributed by atoms with Crippen molar-refractivity contribution in [2.24, 2.45) is 0 Å². The first-order valence-corrected chi connectivity index (χ1v) is 12.3. The molecule has 0 bridgehead atoms. The number of tetrazole rings is 1. The third-order valence-corrected chi connectivity index (χ3v) is 6.73. The largest absolute Gasteiger partial charge is 0.345 e. The summed E-state index contributed by atoms with van der Waals surface area (Å²) in [7, 11) is 3.22. The van der Waals surface area contributed by atoms with Crippen molar-refractivity contribution in [1.29, 1.82) is 0 Å². The van der Waals surface area contributed by atoms with Gasteiger partial charge in [0.05, 0.1) is 17.1 Å². The minimum Gasteiger partial charge on any atom is -0.345 e. The fraction of sp³-hybridized carbons (Fsp3) is 0.440. The molecule has 0 spiro atoms. The van der Waals surface area contributed by atoms with Gasteiger partial charge in [-0.2, -0.15) is 4.80 Å². The highest BCUT2D eigenvalue weighted by Crippen LogP contribution is 2.31. The van der Waals surface area contributed by atoms with Gasteiger partial charge in [-0.1, -0.05) is 11.2 Å². The number of rotatable bonds is 6. The summed E-state index contributed by atoms with van der Waals surface area (Å²) in [5.41, 5.74) is 1.48. The fourth-order valence-corrected chi connectivity index (χ4v) is 4.68. The van der Waals surface area contributed by atoms with Gasteiger partial charge in [0.2, 0.25) is 0 Å². The van der Waals surface area contributed by atoms with E-state index >= 15 is 4.39 Å². The van der Waals surface area contributed by atoms with Crippen LogP contribution in [0.3, 0.4) is 0 Å². The lowest BCUT2D eigenvalue weighted by atomic mass is 10.0. The summed E-state index contributed by atoms with van der Waals surface area (Å²) in [6.45, 7) is 5.40. The van der Waals surface area contributed by atoms with Crippen LogP contribution in [0.5, 0.6) is 0 Å². The van der Waals surface area contributed by atoms with E-state index < -0.39 is 11.6 Å². The minimum atomic E-state index is -0.533. The molecule has 4 aromatic rings. The van der Waals surface area contributed by atoms with Crippen LogP contribution in [0.25, 0.3) is 11.0 Å². The average molecular weight is 510 g/mol. The van der Waals surface area contributed by atoms with Crippen molar-refractivity contribution in [1.82, 2.24) is 39.6 Å². The molecule has 0 saturated carbocycles. The van der Waals surface area contributed by atoms with Crippen molar-refractivity contribution in [3.8, 4) is 0 Å². The number of nitrogens with zero attached hydrogens (tertiary/aromatic N) is 9. The van der Waals surface area contributed by atoms with E-state index in [1.165, 1.54) is 23.5 Å². The van der Waals surface area contributed by atoms with Gasteiger partial charge in [-0.25, -0.2) is 18.7 Å². The van der Waals surface area contributed by atoms with Crippen molar-refractivity contribution < 1.29 is 13.6 Å². The lowest BCUT2D eigenvalue weighted by Crippen LogP contribution is -2.35. The van der Waals surface area contributed by atoms with E-state index in [0.717, 1.165) is 12.8 Å². The molecule has 0 unspecified atom stereocenters. The molecule has 4 heterocycles. The Morgan fingerprint density at radius 2 is 1.89 bits per heavy atom. The zero-order valence-electron chi connectivity index (χ0n) is 21.3. The SMILES string of the molecule is CC(C)n1nnc(N2CCC(n3cc(F)c4c(Cc5ccc(C(=O)N(C)C)cc5F)ncnc43)CC2)n1. The molecule has 12 heteroatoms. The molecule has 1 fully saturated rings. The van der Waals surface area contributed by atoms with E-state index in [4.69, 9.17) is 0 Å². The van der Waals surface area contributed by atoms with E-state index in [1.54, 1.807) is 31.0 Å². The Morgan fingerprint density at radius 1 is 1.14 bits per heavy atom. The Bertz CT molecular complexity index is 1440. The predicted molar refractivity (Wildman–Crippen MR) is 133 cm³/mol. The molecule has 1 amide bonds. The van der Waals surface area contributed by atoms with Crippen LogP contribution in [-0.2, 0) is 6.42 Å². The maximum atomic E-state index is 15.2. The molecule has 1 saturated heterocycles. The number of carbonyl (C=O) groups is 1. The highest BCUT2D eigenvalue weighted by Gasteiger charge is 2.27. The van der Waals surface area contributed by atoms with E-state index in [1.807, 2.05) is 18.4 Å². The van der Waals surface area contributed by atoms with Crippen LogP contribution in [-0.4, -0.2) is 72.7 Å². The molecule has 0 N–H and O–H groups in total. The second kappa shape index (κ2) is 9.83. The number of benzene rings is 1. The van der Waals surface area contributed by atoms with E-state index in [9.17, 15) is 9.18 Å². The van der Waals surface area contributed by atoms with Crippen LogP contribution in [0.1, 0.15) is 60.4 Å². The molecule has 37 heavy (non-hydrogen) atoms. The number of amides is 1. The quantitative estimate of drug-likeness (QED) is 0.393. The first-order valence-electron chi connectivity index (χ1n) is 12.3. The van der Waals surface area contributed by atoms with Crippen molar-refractivity contribution in [3.05, 3.63) is 59.2 Å². The van der Waals surface area contributed by atoms with Crippen LogP contribution < -0.4 is 4.90 Å². The van der Waals surface area contributed by atoms with Crippen LogP contribution in [0.4, 0.5) is 14.7 Å². The number of aromatic nitrogens is 7. The van der Waals surface area contributed by atoms with Gasteiger partial charge in [0.1, 0.15) is 17.8 Å². The molecule has 1 aromatic carbocycles. The van der Waals surface area contributed by atoms with Gasteiger partial charge in [0.15, 0.2) is 5.82 Å². The Morgan fingerprint density at radius 3 is 2.54 bits per heavy atom. The topological polar surface area (TPSA) is 97.9 Å². The molecule has 194 valence electrons. The number of piperidine rings is 1. The predicted octanol–water partition coefficient (Wildman–Crippen LogP) is 3.41. The second-order valence-electron chi connectivity index (χ2n) is 9.81. The van der Waals surface area contributed by atoms with Gasteiger partial charge in [-0.3, -0.25) is 4.79 Å². The molecular formula is C25H29F2N9O. The molecule has 1 aliphatic rings. The third-order valence-electron chi connectivity index (χ3n) is 6.73. The molecule has 3 aromatic heterocycles. The number of fused-ring (bicyclic) bond motifs is 1. The summed E-state index contributed by atoms with van der Waals surface area (Å²) in [4.78, 5) is 25.8. The molecule has 5 rings (SSSR count). The molecule has 0 aliphatic carbocycles. The maximum Gasteiger partial charge on any atom is 0.266 e. The average Bonchev–Trinajstić information content (AvgIpc) is 3.51. The fourth-order valence-electron chi connectivity index (χ4n) is 4.68. The maximum absolute atomic E-state index is 15.2. The van der Waals surface area contributed by atoms with Gasteiger partial charge in [-0.15, -0.1) is 5.10 Å². The van der Waals surface area contributed by atoms with Crippen LogP contribution in [0.2, 0.25) is 0 Å².